The van der Waals surface area contributed by atoms with E-state index in [2.05, 4.69) is 37.3 Å². The van der Waals surface area contributed by atoms with E-state index in [1.807, 2.05) is 0 Å². The minimum Gasteiger partial charge on any atom is -0.0622 e. The molecule has 0 nitrogen and oxygen atoms in total. The van der Waals surface area contributed by atoms with Gasteiger partial charge in [-0.25, -0.2) is 0 Å². The number of benzene rings is 1. The lowest BCUT2D eigenvalue weighted by atomic mass is 9.75. The van der Waals surface area contributed by atoms with Gasteiger partial charge in [0.05, 0.1) is 0 Å². The van der Waals surface area contributed by atoms with Crippen LogP contribution in [0.3, 0.4) is 0 Å². The van der Waals surface area contributed by atoms with Crippen molar-refractivity contribution in [3.05, 3.63) is 42.8 Å². The van der Waals surface area contributed by atoms with Gasteiger partial charge in [0.25, 0.3) is 0 Å². The van der Waals surface area contributed by atoms with Gasteiger partial charge in [-0.1, -0.05) is 56.5 Å². The molecule has 0 heteroatoms. The fourth-order valence-electron chi connectivity index (χ4n) is 2.86. The molecular weight excluding hydrogens is 168 g/mol. The van der Waals surface area contributed by atoms with Crippen molar-refractivity contribution in [3.8, 4) is 0 Å². The summed E-state index contributed by atoms with van der Waals surface area (Å²) >= 11 is 0. The summed E-state index contributed by atoms with van der Waals surface area (Å²) in [6.45, 7) is 4.02. The fraction of sp³-hybridized carbons (Fsp3) is 0.500. The largest absolute Gasteiger partial charge is 0.0622 e. The van der Waals surface area contributed by atoms with Crippen LogP contribution in [0, 0.1) is 6.92 Å². The molecular formula is C14H19. The summed E-state index contributed by atoms with van der Waals surface area (Å²) in [5, 5.41) is 0. The van der Waals surface area contributed by atoms with Crippen molar-refractivity contribution in [1.29, 1.82) is 0 Å². The van der Waals surface area contributed by atoms with Gasteiger partial charge in [-0.2, -0.15) is 0 Å². The maximum Gasteiger partial charge on any atom is -0.00470 e. The van der Waals surface area contributed by atoms with E-state index in [1.54, 1.807) is 5.56 Å². The first-order chi connectivity index (χ1) is 6.87. The summed E-state index contributed by atoms with van der Waals surface area (Å²) < 4.78 is 0. The molecule has 1 fully saturated rings. The van der Waals surface area contributed by atoms with E-state index in [9.17, 15) is 0 Å². The van der Waals surface area contributed by atoms with Crippen LogP contribution in [-0.2, 0) is 5.41 Å². The van der Waals surface area contributed by atoms with Crippen LogP contribution in [0.1, 0.15) is 44.1 Å². The van der Waals surface area contributed by atoms with Crippen molar-refractivity contribution in [1.82, 2.24) is 0 Å². The molecule has 2 rings (SSSR count). The first-order valence-corrected chi connectivity index (χ1v) is 5.72. The Labute approximate surface area is 87.3 Å². The predicted octanol–water partition coefficient (Wildman–Crippen LogP) is 4.11. The molecule has 1 radical (unpaired) electrons. The van der Waals surface area contributed by atoms with Gasteiger partial charge in [-0.3, -0.25) is 0 Å². The van der Waals surface area contributed by atoms with Gasteiger partial charge in [0.2, 0.25) is 0 Å². The number of hydrogen-bond acceptors (Lipinski definition) is 0. The van der Waals surface area contributed by atoms with E-state index in [-0.39, 0.29) is 0 Å². The molecule has 1 aliphatic carbocycles. The molecule has 0 saturated heterocycles. The van der Waals surface area contributed by atoms with Crippen LogP contribution in [0.5, 0.6) is 0 Å². The Kier molecular flexibility index (Phi) is 2.90. The highest BCUT2D eigenvalue weighted by Gasteiger charge is 2.34. The van der Waals surface area contributed by atoms with E-state index in [0.717, 1.165) is 6.42 Å². The Morgan fingerprint density at radius 3 is 2.29 bits per heavy atom. The first kappa shape index (κ1) is 9.76. The summed E-state index contributed by atoms with van der Waals surface area (Å²) in [4.78, 5) is 0. The van der Waals surface area contributed by atoms with Crippen LogP contribution in [-0.4, -0.2) is 0 Å². The van der Waals surface area contributed by atoms with Crippen LogP contribution < -0.4 is 0 Å². The fourth-order valence-corrected chi connectivity index (χ4v) is 2.86. The smallest absolute Gasteiger partial charge is 0.00470 e. The summed E-state index contributed by atoms with van der Waals surface area (Å²) in [5.74, 6) is 0. The molecule has 0 amide bonds. The Balaban J connectivity index is 2.27. The maximum atomic E-state index is 4.02. The quantitative estimate of drug-likeness (QED) is 0.668. The summed E-state index contributed by atoms with van der Waals surface area (Å²) in [5.41, 5.74) is 2.02. The third-order valence-electron chi connectivity index (χ3n) is 3.60. The van der Waals surface area contributed by atoms with Crippen molar-refractivity contribution in [2.75, 3.05) is 0 Å². The van der Waals surface area contributed by atoms with E-state index in [0.29, 0.717) is 5.41 Å². The van der Waals surface area contributed by atoms with Crippen molar-refractivity contribution in [3.63, 3.8) is 0 Å². The Bertz CT molecular complexity index is 267. The molecule has 0 unspecified atom stereocenters. The highest BCUT2D eigenvalue weighted by Crippen LogP contribution is 2.44. The molecule has 75 valence electrons. The van der Waals surface area contributed by atoms with E-state index in [4.69, 9.17) is 0 Å². The lowest BCUT2D eigenvalue weighted by Gasteiger charge is -2.29. The normalized spacial score (nSPS) is 19.8. The van der Waals surface area contributed by atoms with E-state index < -0.39 is 0 Å². The van der Waals surface area contributed by atoms with Crippen LogP contribution in [0.15, 0.2) is 30.3 Å². The SMILES string of the molecule is [CH2]CCC1(c2ccccc2)CCCC1. The second kappa shape index (κ2) is 4.16. The Morgan fingerprint density at radius 1 is 1.07 bits per heavy atom. The zero-order chi connectivity index (χ0) is 9.86. The molecule has 1 saturated carbocycles. The van der Waals surface area contributed by atoms with Crippen LogP contribution in [0.25, 0.3) is 0 Å². The lowest BCUT2D eigenvalue weighted by molar-refractivity contribution is 0.408. The molecule has 0 heterocycles. The molecule has 14 heavy (non-hydrogen) atoms. The zero-order valence-corrected chi connectivity index (χ0v) is 8.84. The highest BCUT2D eigenvalue weighted by molar-refractivity contribution is 5.26. The second-order valence-corrected chi connectivity index (χ2v) is 4.46. The monoisotopic (exact) mass is 187 g/mol. The molecule has 0 atom stereocenters. The summed E-state index contributed by atoms with van der Waals surface area (Å²) in [6.07, 6.45) is 7.86. The van der Waals surface area contributed by atoms with Crippen molar-refractivity contribution < 1.29 is 0 Å². The van der Waals surface area contributed by atoms with Crippen LogP contribution in [0.2, 0.25) is 0 Å². The first-order valence-electron chi connectivity index (χ1n) is 5.72. The highest BCUT2D eigenvalue weighted by atomic mass is 14.4. The summed E-state index contributed by atoms with van der Waals surface area (Å²) in [6, 6.07) is 11.0. The zero-order valence-electron chi connectivity index (χ0n) is 8.84. The molecule has 0 spiro atoms. The van der Waals surface area contributed by atoms with Gasteiger partial charge in [-0.05, 0) is 30.2 Å². The molecule has 0 bridgehead atoms. The van der Waals surface area contributed by atoms with Crippen molar-refractivity contribution >= 4 is 0 Å². The summed E-state index contributed by atoms with van der Waals surface area (Å²) in [7, 11) is 0. The Hall–Kier alpha value is -0.780. The number of rotatable bonds is 3. The van der Waals surface area contributed by atoms with Gasteiger partial charge in [-0.15, -0.1) is 0 Å². The Morgan fingerprint density at radius 2 is 1.71 bits per heavy atom. The lowest BCUT2D eigenvalue weighted by Crippen LogP contribution is -2.21. The van der Waals surface area contributed by atoms with Gasteiger partial charge in [0, 0.05) is 0 Å². The third kappa shape index (κ3) is 1.70. The minimum absolute atomic E-state index is 0.475. The van der Waals surface area contributed by atoms with E-state index >= 15 is 0 Å². The van der Waals surface area contributed by atoms with Gasteiger partial charge >= 0.3 is 0 Å². The molecule has 1 aliphatic rings. The minimum atomic E-state index is 0.475. The average Bonchev–Trinajstić information content (AvgIpc) is 2.70. The molecule has 0 N–H and O–H groups in total. The molecule has 1 aromatic carbocycles. The maximum absolute atomic E-state index is 4.02. The van der Waals surface area contributed by atoms with Crippen LogP contribution in [0.4, 0.5) is 0 Å². The second-order valence-electron chi connectivity index (χ2n) is 4.46. The predicted molar refractivity (Wildman–Crippen MR) is 61.2 cm³/mol. The molecule has 0 aliphatic heterocycles. The van der Waals surface area contributed by atoms with Crippen LogP contribution >= 0.6 is 0 Å². The molecule has 0 aromatic heterocycles. The van der Waals surface area contributed by atoms with Crippen molar-refractivity contribution in [2.45, 2.75) is 43.9 Å². The van der Waals surface area contributed by atoms with Gasteiger partial charge in [0.1, 0.15) is 0 Å². The van der Waals surface area contributed by atoms with Gasteiger partial charge in [0.15, 0.2) is 0 Å². The van der Waals surface area contributed by atoms with Gasteiger partial charge < -0.3 is 0 Å². The van der Waals surface area contributed by atoms with E-state index in [1.165, 1.54) is 32.1 Å². The van der Waals surface area contributed by atoms with Crippen molar-refractivity contribution in [2.24, 2.45) is 0 Å². The molecule has 1 aromatic rings. The average molecular weight is 187 g/mol. The third-order valence-corrected chi connectivity index (χ3v) is 3.60. The number of hydrogen-bond donors (Lipinski definition) is 0. The topological polar surface area (TPSA) is 0 Å². The standard InChI is InChI=1S/C14H19/c1-2-10-14(11-6-7-12-14)13-8-4-3-5-9-13/h3-5,8-9H,1-2,6-7,10-12H2.